The van der Waals surface area contributed by atoms with Gasteiger partial charge in [0.15, 0.2) is 5.78 Å². The molecule has 0 aliphatic rings. The molecule has 0 radical (unpaired) electrons. The maximum absolute atomic E-state index is 11.9. The van der Waals surface area contributed by atoms with Crippen molar-refractivity contribution in [1.82, 2.24) is 4.98 Å². The molecular weight excluding hydrogens is 286 g/mol. The van der Waals surface area contributed by atoms with Crippen molar-refractivity contribution in [2.45, 2.75) is 20.8 Å². The highest BCUT2D eigenvalue weighted by atomic mass is 32.1. The summed E-state index contributed by atoms with van der Waals surface area (Å²) >= 11 is 1.24. The maximum atomic E-state index is 11.9. The van der Waals surface area contributed by atoms with Crippen LogP contribution >= 0.6 is 11.3 Å². The van der Waals surface area contributed by atoms with Gasteiger partial charge in [-0.15, -0.1) is 11.3 Å². The molecule has 2 aromatic rings. The molecule has 0 spiro atoms. The SMILES string of the molecule is CC(C)(C)C(=O)/C=c1/[nH]c(=O)/c(=C/c2ccc(O)cc2)s1. The standard InChI is InChI=1S/C16H17NO3S/c1-16(2,3)13(19)9-14-17-15(20)12(21-14)8-10-4-6-11(18)7-5-10/h4-9,18H,1-3H3,(H,17,20)/b12-8-,14-9-. The number of rotatable bonds is 2. The van der Waals surface area contributed by atoms with Crippen LogP contribution in [0.15, 0.2) is 29.1 Å². The summed E-state index contributed by atoms with van der Waals surface area (Å²) in [6.07, 6.45) is 3.20. The average Bonchev–Trinajstić information content (AvgIpc) is 2.71. The average molecular weight is 303 g/mol. The Bertz CT molecular complexity index is 820. The Hall–Kier alpha value is -2.14. The largest absolute Gasteiger partial charge is 0.508 e. The zero-order chi connectivity index (χ0) is 15.6. The van der Waals surface area contributed by atoms with E-state index in [9.17, 15) is 14.7 Å². The van der Waals surface area contributed by atoms with Crippen LogP contribution in [-0.2, 0) is 4.79 Å². The first-order valence-corrected chi connectivity index (χ1v) is 7.33. The van der Waals surface area contributed by atoms with Gasteiger partial charge in [-0.05, 0) is 23.8 Å². The van der Waals surface area contributed by atoms with Crippen LogP contribution in [0.1, 0.15) is 26.3 Å². The van der Waals surface area contributed by atoms with Crippen LogP contribution in [-0.4, -0.2) is 15.9 Å². The monoisotopic (exact) mass is 303 g/mol. The zero-order valence-corrected chi connectivity index (χ0v) is 13.0. The first kappa shape index (κ1) is 15.3. The van der Waals surface area contributed by atoms with E-state index in [0.29, 0.717) is 9.20 Å². The van der Waals surface area contributed by atoms with Crippen molar-refractivity contribution in [3.63, 3.8) is 0 Å². The molecule has 0 bridgehead atoms. The van der Waals surface area contributed by atoms with Crippen LogP contribution in [0.2, 0.25) is 0 Å². The van der Waals surface area contributed by atoms with E-state index in [1.54, 1.807) is 30.3 Å². The minimum atomic E-state index is -0.471. The lowest BCUT2D eigenvalue weighted by atomic mass is 9.91. The molecule has 0 atom stereocenters. The number of ketones is 1. The molecule has 0 saturated carbocycles. The smallest absolute Gasteiger partial charge is 0.266 e. The molecule has 4 nitrogen and oxygen atoms in total. The predicted octanol–water partition coefficient (Wildman–Crippen LogP) is 1.37. The summed E-state index contributed by atoms with van der Waals surface area (Å²) in [6, 6.07) is 6.56. The normalized spacial score (nSPS) is 13.7. The Morgan fingerprint density at radius 1 is 1.24 bits per heavy atom. The Labute approximate surface area is 126 Å². The van der Waals surface area contributed by atoms with Gasteiger partial charge in [0.25, 0.3) is 5.56 Å². The second-order valence-electron chi connectivity index (χ2n) is 5.78. The fourth-order valence-electron chi connectivity index (χ4n) is 1.58. The molecule has 2 rings (SSSR count). The van der Waals surface area contributed by atoms with E-state index in [-0.39, 0.29) is 17.1 Å². The zero-order valence-electron chi connectivity index (χ0n) is 12.1. The van der Waals surface area contributed by atoms with Gasteiger partial charge in [-0.25, -0.2) is 0 Å². The molecule has 0 amide bonds. The van der Waals surface area contributed by atoms with Crippen molar-refractivity contribution in [3.8, 4) is 5.75 Å². The predicted molar refractivity (Wildman–Crippen MR) is 84.8 cm³/mol. The molecule has 0 aliphatic carbocycles. The van der Waals surface area contributed by atoms with E-state index in [0.717, 1.165) is 5.56 Å². The van der Waals surface area contributed by atoms with Crippen LogP contribution < -0.4 is 14.8 Å². The summed E-state index contributed by atoms with van der Waals surface area (Å²) in [4.78, 5) is 26.5. The minimum absolute atomic E-state index is 0.0313. The highest BCUT2D eigenvalue weighted by molar-refractivity contribution is 7.07. The Morgan fingerprint density at radius 3 is 2.43 bits per heavy atom. The third-order valence-corrected chi connectivity index (χ3v) is 3.84. The number of phenols is 1. The van der Waals surface area contributed by atoms with Gasteiger partial charge in [-0.2, -0.15) is 0 Å². The van der Waals surface area contributed by atoms with Gasteiger partial charge in [0.1, 0.15) is 5.75 Å². The van der Waals surface area contributed by atoms with E-state index in [2.05, 4.69) is 4.98 Å². The number of H-pyrrole nitrogens is 1. The number of hydrogen-bond acceptors (Lipinski definition) is 4. The van der Waals surface area contributed by atoms with E-state index < -0.39 is 5.41 Å². The summed E-state index contributed by atoms with van der Waals surface area (Å²) in [6.45, 7) is 5.50. The van der Waals surface area contributed by atoms with Gasteiger partial charge in [-0.3, -0.25) is 9.59 Å². The quantitative estimate of drug-likeness (QED) is 0.880. The first-order valence-electron chi connectivity index (χ1n) is 6.52. The molecule has 1 heterocycles. The molecule has 0 unspecified atom stereocenters. The van der Waals surface area contributed by atoms with Crippen molar-refractivity contribution in [2.75, 3.05) is 0 Å². The molecule has 0 fully saturated rings. The molecule has 21 heavy (non-hydrogen) atoms. The van der Waals surface area contributed by atoms with Gasteiger partial charge in [0.05, 0.1) is 9.20 Å². The fourth-order valence-corrected chi connectivity index (χ4v) is 2.47. The lowest BCUT2D eigenvalue weighted by Gasteiger charge is -2.12. The van der Waals surface area contributed by atoms with E-state index in [1.165, 1.54) is 17.4 Å². The number of benzene rings is 1. The highest BCUT2D eigenvalue weighted by Crippen LogP contribution is 2.14. The summed E-state index contributed by atoms with van der Waals surface area (Å²) < 4.78 is 1.07. The second kappa shape index (κ2) is 5.69. The van der Waals surface area contributed by atoms with Gasteiger partial charge >= 0.3 is 0 Å². The van der Waals surface area contributed by atoms with Crippen molar-refractivity contribution >= 4 is 29.3 Å². The number of Topliss-reactive ketones (excluding diaryl/α,β-unsaturated/α-hetero) is 1. The Kier molecular flexibility index (Phi) is 4.14. The van der Waals surface area contributed by atoms with Crippen molar-refractivity contribution in [1.29, 1.82) is 0 Å². The lowest BCUT2D eigenvalue weighted by Crippen LogP contribution is -2.22. The van der Waals surface area contributed by atoms with Crippen molar-refractivity contribution in [2.24, 2.45) is 5.41 Å². The second-order valence-corrected chi connectivity index (χ2v) is 6.86. The number of phenolic OH excluding ortho intramolecular Hbond substituents is 1. The number of nitrogens with one attached hydrogen (secondary N) is 1. The van der Waals surface area contributed by atoms with Gasteiger partial charge in [-0.1, -0.05) is 32.9 Å². The molecule has 1 aromatic heterocycles. The van der Waals surface area contributed by atoms with Crippen molar-refractivity contribution in [3.05, 3.63) is 49.4 Å². The van der Waals surface area contributed by atoms with E-state index in [1.807, 2.05) is 20.8 Å². The van der Waals surface area contributed by atoms with Gasteiger partial charge in [0, 0.05) is 11.5 Å². The maximum Gasteiger partial charge on any atom is 0.266 e. The summed E-state index contributed by atoms with van der Waals surface area (Å²) in [5.74, 6) is 0.146. The minimum Gasteiger partial charge on any atom is -0.508 e. The number of hydrogen-bond donors (Lipinski definition) is 2. The molecule has 2 N–H and O–H groups in total. The summed E-state index contributed by atoms with van der Waals surface area (Å²) in [5, 5.41) is 9.24. The topological polar surface area (TPSA) is 70.2 Å². The first-order chi connectivity index (χ1) is 9.75. The van der Waals surface area contributed by atoms with Gasteiger partial charge < -0.3 is 10.1 Å². The van der Waals surface area contributed by atoms with Crippen molar-refractivity contribution < 1.29 is 9.90 Å². The Balaban J connectivity index is 2.45. The van der Waals surface area contributed by atoms with Crippen LogP contribution in [0.4, 0.5) is 0 Å². The van der Waals surface area contributed by atoms with Crippen LogP contribution in [0.5, 0.6) is 5.75 Å². The van der Waals surface area contributed by atoms with E-state index >= 15 is 0 Å². The number of aromatic hydroxyl groups is 1. The third-order valence-electron chi connectivity index (χ3n) is 2.87. The number of thiazole rings is 1. The van der Waals surface area contributed by atoms with Crippen LogP contribution in [0, 0.1) is 5.41 Å². The van der Waals surface area contributed by atoms with Gasteiger partial charge in [0.2, 0.25) is 0 Å². The molecular formula is C16H17NO3S. The summed E-state index contributed by atoms with van der Waals surface area (Å²) in [7, 11) is 0. The van der Waals surface area contributed by atoms with Crippen LogP contribution in [0.3, 0.4) is 0 Å². The number of aromatic nitrogens is 1. The highest BCUT2D eigenvalue weighted by Gasteiger charge is 2.18. The number of carbonyl (C=O) groups is 1. The van der Waals surface area contributed by atoms with E-state index in [4.69, 9.17) is 0 Å². The molecule has 110 valence electrons. The third kappa shape index (κ3) is 3.92. The van der Waals surface area contributed by atoms with Crippen LogP contribution in [0.25, 0.3) is 12.2 Å². The molecule has 0 aliphatic heterocycles. The molecule has 1 aromatic carbocycles. The fraction of sp³-hybridized carbons (Fsp3) is 0.250. The molecule has 0 saturated heterocycles. The number of aromatic amines is 1. The number of carbonyl (C=O) groups excluding carboxylic acids is 1. The Morgan fingerprint density at radius 2 is 1.86 bits per heavy atom. The lowest BCUT2D eigenvalue weighted by molar-refractivity contribution is -0.119. The molecule has 5 heteroatoms. The summed E-state index contributed by atoms with van der Waals surface area (Å²) in [5.41, 5.74) is 0.122.